The molecule has 0 unspecified atom stereocenters. The maximum absolute atomic E-state index is 13.1. The van der Waals surface area contributed by atoms with Gasteiger partial charge >= 0.3 is 0 Å². The number of rotatable bonds is 4. The van der Waals surface area contributed by atoms with E-state index in [2.05, 4.69) is 0 Å². The van der Waals surface area contributed by atoms with Gasteiger partial charge in [0, 0.05) is 13.6 Å². The van der Waals surface area contributed by atoms with E-state index in [1.165, 1.54) is 17.4 Å². The predicted molar refractivity (Wildman–Crippen MR) is 65.5 cm³/mol. The Kier molecular flexibility index (Phi) is 4.11. The summed E-state index contributed by atoms with van der Waals surface area (Å²) in [4.78, 5) is -0.180. The van der Waals surface area contributed by atoms with Crippen LogP contribution in [0.2, 0.25) is 0 Å². The van der Waals surface area contributed by atoms with Gasteiger partial charge in [0.1, 0.15) is 10.7 Å². The molecular weight excluding hydrogens is 243 g/mol. The van der Waals surface area contributed by atoms with Crippen LogP contribution in [-0.2, 0) is 10.0 Å². The first-order chi connectivity index (χ1) is 7.75. The Balaban J connectivity index is 3.17. The third-order valence-corrected chi connectivity index (χ3v) is 4.17. The Morgan fingerprint density at radius 1 is 1.41 bits per heavy atom. The number of hydrogen-bond donors (Lipinski definition) is 1. The molecule has 0 fully saturated rings. The van der Waals surface area contributed by atoms with Crippen LogP contribution < -0.4 is 5.73 Å². The van der Waals surface area contributed by atoms with E-state index >= 15 is 0 Å². The molecule has 1 rings (SSSR count). The summed E-state index contributed by atoms with van der Waals surface area (Å²) in [7, 11) is -2.26. The lowest BCUT2D eigenvalue weighted by Gasteiger charge is -2.20. The Bertz CT molecular complexity index is 500. The van der Waals surface area contributed by atoms with Gasteiger partial charge in [-0.3, -0.25) is 0 Å². The number of halogens is 1. The van der Waals surface area contributed by atoms with Gasteiger partial charge in [0.15, 0.2) is 0 Å². The summed E-state index contributed by atoms with van der Waals surface area (Å²) in [5.41, 5.74) is 5.63. The normalized spacial score (nSPS) is 12.4. The third-order valence-electron chi connectivity index (χ3n) is 2.29. The molecule has 0 heterocycles. The van der Waals surface area contributed by atoms with Crippen LogP contribution in [0.4, 0.5) is 10.1 Å². The lowest BCUT2D eigenvalue weighted by atomic mass is 10.2. The fraction of sp³-hybridized carbons (Fsp3) is 0.455. The lowest BCUT2D eigenvalue weighted by molar-refractivity contribution is 0.417. The molecule has 2 N–H and O–H groups in total. The minimum Gasteiger partial charge on any atom is -0.398 e. The number of nitrogen functional groups attached to an aromatic ring is 1. The molecule has 0 saturated carbocycles. The van der Waals surface area contributed by atoms with Gasteiger partial charge in [0.2, 0.25) is 10.0 Å². The van der Waals surface area contributed by atoms with Gasteiger partial charge < -0.3 is 5.73 Å². The highest BCUT2D eigenvalue weighted by molar-refractivity contribution is 7.89. The third kappa shape index (κ3) is 3.17. The van der Waals surface area contributed by atoms with Crippen molar-refractivity contribution in [3.63, 3.8) is 0 Å². The van der Waals surface area contributed by atoms with E-state index in [0.29, 0.717) is 6.54 Å². The van der Waals surface area contributed by atoms with E-state index < -0.39 is 15.8 Å². The van der Waals surface area contributed by atoms with Gasteiger partial charge in [-0.05, 0) is 24.1 Å². The second kappa shape index (κ2) is 5.01. The van der Waals surface area contributed by atoms with Crippen molar-refractivity contribution in [3.05, 3.63) is 24.0 Å². The van der Waals surface area contributed by atoms with Crippen LogP contribution in [0, 0.1) is 11.7 Å². The molecule has 0 aliphatic carbocycles. The average molecular weight is 260 g/mol. The zero-order valence-corrected chi connectivity index (χ0v) is 11.0. The van der Waals surface area contributed by atoms with Gasteiger partial charge in [0.25, 0.3) is 0 Å². The van der Waals surface area contributed by atoms with E-state index in [0.717, 1.165) is 12.1 Å². The van der Waals surface area contributed by atoms with Crippen molar-refractivity contribution in [1.82, 2.24) is 4.31 Å². The Labute approximate surface area is 101 Å². The van der Waals surface area contributed by atoms with Gasteiger partial charge in [-0.15, -0.1) is 0 Å². The van der Waals surface area contributed by atoms with Crippen molar-refractivity contribution in [1.29, 1.82) is 0 Å². The summed E-state index contributed by atoms with van der Waals surface area (Å²) in [6.07, 6.45) is 0. The van der Waals surface area contributed by atoms with Crippen molar-refractivity contribution in [2.24, 2.45) is 5.92 Å². The van der Waals surface area contributed by atoms with Gasteiger partial charge in [-0.1, -0.05) is 13.8 Å². The maximum Gasteiger partial charge on any atom is 0.244 e. The van der Waals surface area contributed by atoms with Crippen LogP contribution in [-0.4, -0.2) is 26.3 Å². The first-order valence-corrected chi connectivity index (χ1v) is 6.70. The molecule has 0 saturated heterocycles. The van der Waals surface area contributed by atoms with Crippen molar-refractivity contribution < 1.29 is 12.8 Å². The Hall–Kier alpha value is -1.14. The molecule has 0 bridgehead atoms. The maximum atomic E-state index is 13.1. The van der Waals surface area contributed by atoms with Crippen molar-refractivity contribution in [3.8, 4) is 0 Å². The largest absolute Gasteiger partial charge is 0.398 e. The number of nitrogens with two attached hydrogens (primary N) is 1. The molecule has 0 aromatic heterocycles. The SMILES string of the molecule is CC(C)CN(C)S(=O)(=O)c1cc(F)ccc1N. The van der Waals surface area contributed by atoms with Crippen LogP contribution in [0.3, 0.4) is 0 Å². The summed E-state index contributed by atoms with van der Waals surface area (Å²) in [5.74, 6) is -0.430. The zero-order valence-electron chi connectivity index (χ0n) is 10.1. The van der Waals surface area contributed by atoms with Crippen LogP contribution in [0.25, 0.3) is 0 Å². The van der Waals surface area contributed by atoms with Gasteiger partial charge in [-0.2, -0.15) is 0 Å². The molecule has 0 atom stereocenters. The van der Waals surface area contributed by atoms with E-state index in [9.17, 15) is 12.8 Å². The minimum atomic E-state index is -3.72. The molecular formula is C11H17FN2O2S. The second-order valence-electron chi connectivity index (χ2n) is 4.36. The predicted octanol–water partition coefficient (Wildman–Crippen LogP) is 1.68. The first-order valence-electron chi connectivity index (χ1n) is 5.26. The van der Waals surface area contributed by atoms with Gasteiger partial charge in [0.05, 0.1) is 5.69 Å². The molecule has 1 aromatic rings. The monoisotopic (exact) mass is 260 g/mol. The van der Waals surface area contributed by atoms with Crippen LogP contribution >= 0.6 is 0 Å². The number of nitrogens with zero attached hydrogens (tertiary/aromatic N) is 1. The topological polar surface area (TPSA) is 63.4 Å². The molecule has 0 aliphatic heterocycles. The highest BCUT2D eigenvalue weighted by atomic mass is 32.2. The van der Waals surface area contributed by atoms with E-state index in [-0.39, 0.29) is 16.5 Å². The quantitative estimate of drug-likeness (QED) is 0.838. The number of benzene rings is 1. The van der Waals surface area contributed by atoms with Gasteiger partial charge in [-0.25, -0.2) is 17.1 Å². The fourth-order valence-electron chi connectivity index (χ4n) is 1.51. The number of anilines is 1. The fourth-order valence-corrected chi connectivity index (χ4v) is 2.97. The van der Waals surface area contributed by atoms with E-state index in [1.54, 1.807) is 0 Å². The van der Waals surface area contributed by atoms with Crippen molar-refractivity contribution >= 4 is 15.7 Å². The van der Waals surface area contributed by atoms with Crippen molar-refractivity contribution in [2.45, 2.75) is 18.7 Å². The Morgan fingerprint density at radius 3 is 2.53 bits per heavy atom. The second-order valence-corrected chi connectivity index (χ2v) is 6.37. The lowest BCUT2D eigenvalue weighted by Crippen LogP contribution is -2.31. The summed E-state index contributed by atoms with van der Waals surface area (Å²) < 4.78 is 38.5. The molecule has 0 amide bonds. The summed E-state index contributed by atoms with van der Waals surface area (Å²) in [6.45, 7) is 4.17. The summed E-state index contributed by atoms with van der Waals surface area (Å²) in [6, 6.07) is 3.34. The molecule has 4 nitrogen and oxygen atoms in total. The van der Waals surface area contributed by atoms with E-state index in [4.69, 9.17) is 5.73 Å². The molecule has 6 heteroatoms. The molecule has 1 aromatic carbocycles. The minimum absolute atomic E-state index is 0.0574. The van der Waals surface area contributed by atoms with Crippen molar-refractivity contribution in [2.75, 3.05) is 19.3 Å². The van der Waals surface area contributed by atoms with Crippen LogP contribution in [0.1, 0.15) is 13.8 Å². The van der Waals surface area contributed by atoms with E-state index in [1.807, 2.05) is 13.8 Å². The molecule has 96 valence electrons. The zero-order chi connectivity index (χ0) is 13.2. The molecule has 17 heavy (non-hydrogen) atoms. The molecule has 0 aliphatic rings. The Morgan fingerprint density at radius 2 is 2.00 bits per heavy atom. The number of sulfonamides is 1. The summed E-state index contributed by atoms with van der Waals surface area (Å²) >= 11 is 0. The van der Waals surface area contributed by atoms with Crippen LogP contribution in [0.5, 0.6) is 0 Å². The molecule has 0 spiro atoms. The summed E-state index contributed by atoms with van der Waals surface area (Å²) in [5, 5.41) is 0. The number of hydrogen-bond acceptors (Lipinski definition) is 3. The smallest absolute Gasteiger partial charge is 0.244 e. The average Bonchev–Trinajstić information content (AvgIpc) is 2.20. The first kappa shape index (κ1) is 13.9. The van der Waals surface area contributed by atoms with Crippen LogP contribution in [0.15, 0.2) is 23.1 Å². The molecule has 0 radical (unpaired) electrons. The standard InChI is InChI=1S/C11H17FN2O2S/c1-8(2)7-14(3)17(15,16)11-6-9(12)4-5-10(11)13/h4-6,8H,7,13H2,1-3H3. The highest BCUT2D eigenvalue weighted by Gasteiger charge is 2.24. The highest BCUT2D eigenvalue weighted by Crippen LogP contribution is 2.22.